The van der Waals surface area contributed by atoms with Crippen LogP contribution in [-0.2, 0) is 30.5 Å². The molecule has 1 aromatic carbocycles. The first-order valence-corrected chi connectivity index (χ1v) is 8.95. The number of amides is 2. The number of carbonyl (C=O) groups excluding carboxylic acids is 4. The average molecular weight is 423 g/mol. The molecule has 0 N–H and O–H groups in total. The van der Waals surface area contributed by atoms with Crippen molar-refractivity contribution in [3.63, 3.8) is 0 Å². The molecule has 3 rings (SSSR count). The first-order valence-electron chi connectivity index (χ1n) is 8.95. The number of halogens is 1. The molecule has 0 aromatic heterocycles. The van der Waals surface area contributed by atoms with Crippen molar-refractivity contribution in [2.45, 2.75) is 31.2 Å². The minimum Gasteiger partial charge on any atom is -0.459 e. The van der Waals surface area contributed by atoms with Gasteiger partial charge in [-0.3, -0.25) is 24.6 Å². The number of rotatable bonds is 7. The van der Waals surface area contributed by atoms with Gasteiger partial charge in [0, 0.05) is 18.6 Å². The zero-order valence-corrected chi connectivity index (χ0v) is 15.9. The van der Waals surface area contributed by atoms with Gasteiger partial charge in [0.25, 0.3) is 5.69 Å². The summed E-state index contributed by atoms with van der Waals surface area (Å²) in [6, 6.07) is 2.02. The van der Waals surface area contributed by atoms with Crippen molar-refractivity contribution in [2.75, 3.05) is 20.3 Å². The number of carbonyl (C=O) groups is 4. The number of nitro groups is 1. The third-order valence-electron chi connectivity index (χ3n) is 5.04. The number of nitrogens with zero attached hydrogens (tertiary/aromatic N) is 3. The highest BCUT2D eigenvalue weighted by Gasteiger charge is 2.62. The van der Waals surface area contributed by atoms with Crippen molar-refractivity contribution in [1.29, 1.82) is 0 Å². The van der Waals surface area contributed by atoms with Crippen LogP contribution in [0.5, 0.6) is 0 Å². The van der Waals surface area contributed by atoms with E-state index < -0.39 is 53.5 Å². The first kappa shape index (κ1) is 21.1. The molecule has 0 bridgehead atoms. The molecule has 2 saturated heterocycles. The van der Waals surface area contributed by atoms with E-state index in [-0.39, 0.29) is 25.3 Å². The molecule has 3 unspecified atom stereocenters. The molecule has 2 heterocycles. The smallest absolute Gasteiger partial charge is 0.410 e. The second kappa shape index (κ2) is 8.43. The average Bonchev–Trinajstić information content (AvgIpc) is 3.04. The van der Waals surface area contributed by atoms with Gasteiger partial charge in [0.1, 0.15) is 19.3 Å². The third-order valence-corrected chi connectivity index (χ3v) is 5.04. The summed E-state index contributed by atoms with van der Waals surface area (Å²) in [5.74, 6) is -2.15. The normalized spacial score (nSPS) is 22.2. The molecular formula is C18H18FN3O8. The van der Waals surface area contributed by atoms with Crippen molar-refractivity contribution in [3.05, 3.63) is 39.9 Å². The minimum absolute atomic E-state index is 0.125. The lowest BCUT2D eigenvalue weighted by atomic mass is 9.94. The van der Waals surface area contributed by atoms with Gasteiger partial charge in [-0.15, -0.1) is 0 Å². The Hall–Kier alpha value is -3.57. The fourth-order valence-corrected chi connectivity index (χ4v) is 3.64. The van der Waals surface area contributed by atoms with E-state index in [1.807, 2.05) is 0 Å². The number of non-ortho nitro benzene ring substituents is 1. The maximum atomic E-state index is 12.8. The summed E-state index contributed by atoms with van der Waals surface area (Å²) in [5.41, 5.74) is 0.336. The number of alkyl halides is 1. The number of nitro benzene ring substituents is 1. The Kier molecular flexibility index (Phi) is 5.94. The number of benzene rings is 1. The number of ether oxygens (including phenoxy) is 2. The van der Waals surface area contributed by atoms with E-state index in [0.717, 1.165) is 16.9 Å². The number of β-lactam (4-membered cyclic amide) rings is 1. The molecule has 2 aliphatic heterocycles. The van der Waals surface area contributed by atoms with Crippen LogP contribution < -0.4 is 0 Å². The highest BCUT2D eigenvalue weighted by molar-refractivity contribution is 6.12. The predicted octanol–water partition coefficient (Wildman–Crippen LogP) is 0.597. The fraction of sp³-hybridized carbons (Fsp3) is 0.444. The van der Waals surface area contributed by atoms with Gasteiger partial charge < -0.3 is 14.4 Å². The Morgan fingerprint density at radius 2 is 1.97 bits per heavy atom. The number of esters is 1. The highest BCUT2D eigenvalue weighted by Crippen LogP contribution is 2.37. The van der Waals surface area contributed by atoms with E-state index in [1.54, 1.807) is 0 Å². The molecule has 12 heteroatoms. The molecule has 0 saturated carbocycles. The summed E-state index contributed by atoms with van der Waals surface area (Å²) in [7, 11) is 1.09. The van der Waals surface area contributed by atoms with Gasteiger partial charge in [-0.1, -0.05) is 0 Å². The van der Waals surface area contributed by atoms with Gasteiger partial charge in [0.2, 0.25) is 5.91 Å². The Labute approximate surface area is 169 Å². The summed E-state index contributed by atoms with van der Waals surface area (Å²) >= 11 is 0. The number of hydrogen-bond donors (Lipinski definition) is 0. The van der Waals surface area contributed by atoms with Gasteiger partial charge in [-0.2, -0.15) is 0 Å². The summed E-state index contributed by atoms with van der Waals surface area (Å²) in [6.45, 7) is -1.52. The zero-order chi connectivity index (χ0) is 22.0. The van der Waals surface area contributed by atoms with E-state index >= 15 is 0 Å². The van der Waals surface area contributed by atoms with Crippen molar-refractivity contribution in [1.82, 2.24) is 9.80 Å². The van der Waals surface area contributed by atoms with Crippen LogP contribution in [0.15, 0.2) is 24.3 Å². The van der Waals surface area contributed by atoms with Crippen LogP contribution in [0.2, 0.25) is 0 Å². The molecule has 3 atom stereocenters. The Bertz CT molecular complexity index is 890. The lowest BCUT2D eigenvalue weighted by molar-refractivity contribution is -0.384. The Morgan fingerprint density at radius 3 is 2.53 bits per heavy atom. The minimum atomic E-state index is -1.44. The number of Topliss-reactive ketones (excluding diaryl/α,β-unsaturated/α-hetero) is 1. The van der Waals surface area contributed by atoms with Crippen LogP contribution in [0.3, 0.4) is 0 Å². The van der Waals surface area contributed by atoms with E-state index in [2.05, 4.69) is 4.74 Å². The second-order valence-electron chi connectivity index (χ2n) is 6.71. The number of hydrogen-bond acceptors (Lipinski definition) is 8. The topological polar surface area (TPSA) is 136 Å². The van der Waals surface area contributed by atoms with Crippen LogP contribution >= 0.6 is 0 Å². The number of methoxy groups -OCH3 is 1. The highest BCUT2D eigenvalue weighted by atomic mass is 19.1. The third kappa shape index (κ3) is 3.67. The summed E-state index contributed by atoms with van der Waals surface area (Å²) < 4.78 is 22.5. The molecular weight excluding hydrogens is 405 g/mol. The number of fused-ring (bicyclic) bond motifs is 1. The van der Waals surface area contributed by atoms with Crippen LogP contribution in [0, 0.1) is 10.1 Å². The van der Waals surface area contributed by atoms with Gasteiger partial charge in [0.15, 0.2) is 11.8 Å². The van der Waals surface area contributed by atoms with Gasteiger partial charge in [-0.05, 0) is 17.7 Å². The molecule has 2 fully saturated rings. The summed E-state index contributed by atoms with van der Waals surface area (Å²) in [4.78, 5) is 61.2. The molecule has 1 aromatic rings. The van der Waals surface area contributed by atoms with Crippen molar-refractivity contribution in [3.8, 4) is 0 Å². The van der Waals surface area contributed by atoms with Crippen LogP contribution in [0.4, 0.5) is 14.9 Å². The van der Waals surface area contributed by atoms with E-state index in [4.69, 9.17) is 4.74 Å². The molecule has 11 nitrogen and oxygen atoms in total. The molecule has 0 aliphatic carbocycles. The van der Waals surface area contributed by atoms with Gasteiger partial charge in [0.05, 0.1) is 24.6 Å². The van der Waals surface area contributed by atoms with E-state index in [9.17, 15) is 33.7 Å². The van der Waals surface area contributed by atoms with Gasteiger partial charge >= 0.3 is 12.1 Å². The quantitative estimate of drug-likeness (QED) is 0.204. The standard InChI is InChI=1S/C18H18FN3O8/c1-29-18(26)20(7-6-19)14-12-8-13(23)15(21(12)16(14)24)17(25)30-9-10-2-4-11(5-3-10)22(27)28/h2-5,12,14-15H,6-9H2,1H3. The largest absolute Gasteiger partial charge is 0.459 e. The maximum Gasteiger partial charge on any atom is 0.410 e. The summed E-state index contributed by atoms with van der Waals surface area (Å²) in [5, 5.41) is 10.7. The SMILES string of the molecule is COC(=O)N(CCF)C1C(=O)N2C(C(=O)OCc3ccc([N+](=O)[O-])cc3)C(=O)CC12. The monoisotopic (exact) mass is 423 g/mol. The molecule has 30 heavy (non-hydrogen) atoms. The molecule has 2 amide bonds. The number of ketones is 1. The Balaban J connectivity index is 1.66. The van der Waals surface area contributed by atoms with Gasteiger partial charge in [-0.25, -0.2) is 14.0 Å². The molecule has 160 valence electrons. The van der Waals surface area contributed by atoms with E-state index in [1.165, 1.54) is 24.3 Å². The van der Waals surface area contributed by atoms with Crippen molar-refractivity contribution < 1.29 is 38.0 Å². The van der Waals surface area contributed by atoms with Crippen molar-refractivity contribution in [2.24, 2.45) is 0 Å². The van der Waals surface area contributed by atoms with Crippen LogP contribution in [0.25, 0.3) is 0 Å². The first-order chi connectivity index (χ1) is 14.3. The van der Waals surface area contributed by atoms with E-state index in [0.29, 0.717) is 5.56 Å². The molecule has 0 radical (unpaired) electrons. The molecule has 0 spiro atoms. The maximum absolute atomic E-state index is 12.8. The summed E-state index contributed by atoms with van der Waals surface area (Å²) in [6.07, 6.45) is -1.07. The lowest BCUT2D eigenvalue weighted by Crippen LogP contribution is -2.71. The lowest BCUT2D eigenvalue weighted by Gasteiger charge is -2.47. The zero-order valence-electron chi connectivity index (χ0n) is 15.9. The van der Waals surface area contributed by atoms with Crippen LogP contribution in [-0.4, -0.2) is 76.9 Å². The second-order valence-corrected chi connectivity index (χ2v) is 6.71. The van der Waals surface area contributed by atoms with Crippen molar-refractivity contribution >= 4 is 29.4 Å². The Morgan fingerprint density at radius 1 is 1.30 bits per heavy atom. The fourth-order valence-electron chi connectivity index (χ4n) is 3.64. The van der Waals surface area contributed by atoms with Crippen LogP contribution in [0.1, 0.15) is 12.0 Å². The molecule has 2 aliphatic rings. The predicted molar refractivity (Wildman–Crippen MR) is 95.8 cm³/mol.